The first-order valence-electron chi connectivity index (χ1n) is 10.6. The van der Waals surface area contributed by atoms with E-state index in [-0.39, 0.29) is 25.0 Å². The minimum atomic E-state index is -1.64. The summed E-state index contributed by atoms with van der Waals surface area (Å²) in [6.45, 7) is 0.357. The molecule has 0 fully saturated rings. The molecule has 5 unspecified atom stereocenters. The summed E-state index contributed by atoms with van der Waals surface area (Å²) in [5.74, 6) is -5.07. The predicted molar refractivity (Wildman–Crippen MR) is 120 cm³/mol. The van der Waals surface area contributed by atoms with Gasteiger partial charge in [-0.05, 0) is 31.0 Å². The molecular weight excluding hydrogens is 466 g/mol. The number of carboxylic acids is 1. The molecule has 35 heavy (non-hydrogen) atoms. The van der Waals surface area contributed by atoms with E-state index in [2.05, 4.69) is 16.0 Å². The number of nitrogens with one attached hydrogen (secondary N) is 3. The molecule has 0 saturated carbocycles. The zero-order valence-electron chi connectivity index (χ0n) is 19.0. The lowest BCUT2D eigenvalue weighted by Crippen LogP contribution is -2.58. The number of hydrogen-bond donors (Lipinski definition) is 9. The molecule has 0 aliphatic carbocycles. The summed E-state index contributed by atoms with van der Waals surface area (Å²) in [5, 5.41) is 44.1. The van der Waals surface area contributed by atoms with E-state index in [1.807, 2.05) is 0 Å². The van der Waals surface area contributed by atoms with Crippen LogP contribution in [0.4, 0.5) is 0 Å². The molecule has 0 saturated heterocycles. The number of phenols is 1. The van der Waals surface area contributed by atoms with Crippen molar-refractivity contribution in [2.45, 2.75) is 56.5 Å². The number of rotatable bonds is 14. The highest BCUT2D eigenvalue weighted by molar-refractivity contribution is 5.94. The Balaban J connectivity index is 3.15. The number of aromatic hydroxyl groups is 1. The van der Waals surface area contributed by atoms with Gasteiger partial charge in [0.05, 0.1) is 12.7 Å². The highest BCUT2D eigenvalue weighted by atomic mass is 16.4. The van der Waals surface area contributed by atoms with Crippen molar-refractivity contribution >= 4 is 29.6 Å². The molecule has 14 nitrogen and oxygen atoms in total. The van der Waals surface area contributed by atoms with Crippen LogP contribution in [0.1, 0.15) is 25.3 Å². The number of amides is 4. The quantitative estimate of drug-likeness (QED) is 0.122. The fourth-order valence-electron chi connectivity index (χ4n) is 2.85. The molecule has 0 spiro atoms. The number of primary amides is 1. The Bertz CT molecular complexity index is 907. The molecule has 14 heteroatoms. The number of carboxylic acid groups (broad SMARTS) is 1. The van der Waals surface area contributed by atoms with Crippen molar-refractivity contribution in [3.05, 3.63) is 29.8 Å². The number of aliphatic hydroxyl groups excluding tert-OH is 2. The molecule has 0 radical (unpaired) electrons. The molecular formula is C21H31N5O9. The van der Waals surface area contributed by atoms with Crippen LogP contribution in [0.15, 0.2) is 24.3 Å². The van der Waals surface area contributed by atoms with Gasteiger partial charge in [-0.2, -0.15) is 0 Å². The van der Waals surface area contributed by atoms with Crippen molar-refractivity contribution in [3.8, 4) is 5.75 Å². The third-order valence-corrected chi connectivity index (χ3v) is 4.94. The van der Waals surface area contributed by atoms with Crippen LogP contribution >= 0.6 is 0 Å². The van der Waals surface area contributed by atoms with Gasteiger partial charge >= 0.3 is 5.97 Å². The van der Waals surface area contributed by atoms with Crippen LogP contribution in [0.2, 0.25) is 0 Å². The van der Waals surface area contributed by atoms with Gasteiger partial charge in [0.2, 0.25) is 23.6 Å². The van der Waals surface area contributed by atoms with Gasteiger partial charge in [-0.3, -0.25) is 19.2 Å². The number of phenolic OH excluding ortho intramolecular Hbond substituents is 1. The van der Waals surface area contributed by atoms with Gasteiger partial charge in [0, 0.05) is 12.8 Å². The molecule has 0 bridgehead atoms. The molecule has 0 aliphatic heterocycles. The van der Waals surface area contributed by atoms with Gasteiger partial charge in [0.25, 0.3) is 0 Å². The first kappa shape index (κ1) is 29.3. The van der Waals surface area contributed by atoms with E-state index in [1.54, 1.807) is 0 Å². The summed E-state index contributed by atoms with van der Waals surface area (Å²) in [5.41, 5.74) is 11.2. The Hall–Kier alpha value is -3.75. The van der Waals surface area contributed by atoms with Gasteiger partial charge in [0.1, 0.15) is 29.9 Å². The summed E-state index contributed by atoms with van der Waals surface area (Å²) in [6, 6.07) is -0.151. The van der Waals surface area contributed by atoms with Crippen molar-refractivity contribution in [1.82, 2.24) is 16.0 Å². The lowest BCUT2D eigenvalue weighted by Gasteiger charge is -2.25. The van der Waals surface area contributed by atoms with E-state index in [4.69, 9.17) is 16.6 Å². The van der Waals surface area contributed by atoms with Crippen molar-refractivity contribution in [2.75, 3.05) is 6.61 Å². The average Bonchev–Trinajstić information content (AvgIpc) is 2.79. The van der Waals surface area contributed by atoms with Gasteiger partial charge in [-0.1, -0.05) is 12.1 Å². The van der Waals surface area contributed by atoms with E-state index in [9.17, 15) is 39.3 Å². The fourth-order valence-corrected chi connectivity index (χ4v) is 2.85. The van der Waals surface area contributed by atoms with Gasteiger partial charge < -0.3 is 47.8 Å². The van der Waals surface area contributed by atoms with Crippen LogP contribution in [-0.4, -0.2) is 86.9 Å². The first-order chi connectivity index (χ1) is 16.3. The van der Waals surface area contributed by atoms with Crippen molar-refractivity contribution in [3.63, 3.8) is 0 Å². The van der Waals surface area contributed by atoms with Crippen LogP contribution in [0.5, 0.6) is 5.75 Å². The second-order valence-electron chi connectivity index (χ2n) is 7.85. The normalized spacial score (nSPS) is 15.1. The van der Waals surface area contributed by atoms with E-state index in [0.717, 1.165) is 0 Å². The molecule has 5 atom stereocenters. The Morgan fingerprint density at radius 3 is 1.91 bits per heavy atom. The zero-order chi connectivity index (χ0) is 26.7. The summed E-state index contributed by atoms with van der Waals surface area (Å²) in [7, 11) is 0. The predicted octanol–water partition coefficient (Wildman–Crippen LogP) is -3.56. The van der Waals surface area contributed by atoms with Crippen LogP contribution in [0.25, 0.3) is 0 Å². The number of nitrogens with two attached hydrogens (primary N) is 2. The topological polar surface area (TPSA) is 254 Å². The molecule has 4 amide bonds. The van der Waals surface area contributed by atoms with E-state index in [1.165, 1.54) is 31.2 Å². The number of aliphatic carboxylic acids is 1. The Morgan fingerprint density at radius 2 is 1.43 bits per heavy atom. The molecule has 1 aromatic rings. The van der Waals surface area contributed by atoms with Gasteiger partial charge in [0.15, 0.2) is 0 Å². The summed E-state index contributed by atoms with van der Waals surface area (Å²) >= 11 is 0. The third kappa shape index (κ3) is 9.95. The number of carbonyl (C=O) groups excluding carboxylic acids is 4. The zero-order valence-corrected chi connectivity index (χ0v) is 19.0. The molecule has 11 N–H and O–H groups in total. The number of aliphatic hydroxyl groups is 2. The lowest BCUT2D eigenvalue weighted by atomic mass is 10.0. The van der Waals surface area contributed by atoms with Crippen molar-refractivity contribution in [2.24, 2.45) is 11.5 Å². The summed E-state index contributed by atoms with van der Waals surface area (Å²) in [4.78, 5) is 60.4. The second-order valence-corrected chi connectivity index (χ2v) is 7.85. The molecule has 0 aromatic heterocycles. The van der Waals surface area contributed by atoms with Crippen molar-refractivity contribution < 1.29 is 44.4 Å². The maximum Gasteiger partial charge on any atom is 0.328 e. The maximum atomic E-state index is 13.0. The van der Waals surface area contributed by atoms with Crippen molar-refractivity contribution in [1.29, 1.82) is 0 Å². The number of hydrogen-bond acceptors (Lipinski definition) is 9. The minimum Gasteiger partial charge on any atom is -0.508 e. The molecule has 194 valence electrons. The van der Waals surface area contributed by atoms with Crippen LogP contribution < -0.4 is 27.4 Å². The van der Waals surface area contributed by atoms with E-state index in [0.29, 0.717) is 5.56 Å². The SMILES string of the molecule is CC(O)C(N)C(=O)NC(CCC(N)=O)C(=O)NC(Cc1ccc(O)cc1)C(=O)NC(CO)C(=O)O. The highest BCUT2D eigenvalue weighted by Crippen LogP contribution is 2.12. The first-order valence-corrected chi connectivity index (χ1v) is 10.6. The monoisotopic (exact) mass is 497 g/mol. The largest absolute Gasteiger partial charge is 0.508 e. The Morgan fingerprint density at radius 1 is 0.914 bits per heavy atom. The van der Waals surface area contributed by atoms with Gasteiger partial charge in [-0.25, -0.2) is 4.79 Å². The molecule has 0 heterocycles. The highest BCUT2D eigenvalue weighted by Gasteiger charge is 2.31. The summed E-state index contributed by atoms with van der Waals surface area (Å²) in [6.07, 6.45) is -1.95. The van der Waals surface area contributed by atoms with Crippen LogP contribution in [-0.2, 0) is 30.4 Å². The smallest absolute Gasteiger partial charge is 0.328 e. The standard InChI is InChI=1S/C21H31N5O9/c1-10(28)17(23)20(33)24-13(6-7-16(22)30)18(31)25-14(8-11-2-4-12(29)5-3-11)19(32)26-15(9-27)21(34)35/h2-5,10,13-15,17,27-29H,6-9,23H2,1H3,(H2,22,30)(H,24,33)(H,25,31)(H,26,32)(H,34,35). The molecule has 0 aliphatic rings. The Kier molecular flexibility index (Phi) is 11.6. The van der Waals surface area contributed by atoms with E-state index < -0.39 is 66.5 Å². The summed E-state index contributed by atoms with van der Waals surface area (Å²) < 4.78 is 0. The maximum absolute atomic E-state index is 13.0. The number of benzene rings is 1. The fraction of sp³-hybridized carbons (Fsp3) is 0.476. The van der Waals surface area contributed by atoms with Gasteiger partial charge in [-0.15, -0.1) is 0 Å². The van der Waals surface area contributed by atoms with Crippen LogP contribution in [0, 0.1) is 0 Å². The Labute approximate surface area is 200 Å². The third-order valence-electron chi connectivity index (χ3n) is 4.94. The second kappa shape index (κ2) is 13.8. The lowest BCUT2D eigenvalue weighted by molar-refractivity contribution is -0.143. The molecule has 1 rings (SSSR count). The average molecular weight is 498 g/mol. The van der Waals surface area contributed by atoms with Crippen LogP contribution in [0.3, 0.4) is 0 Å². The minimum absolute atomic E-state index is 0.0475. The number of carbonyl (C=O) groups is 5. The molecule has 1 aromatic carbocycles. The van der Waals surface area contributed by atoms with E-state index >= 15 is 0 Å².